The first-order valence-electron chi connectivity index (χ1n) is 10.6. The van der Waals surface area contributed by atoms with E-state index in [0.29, 0.717) is 21.9 Å². The van der Waals surface area contributed by atoms with E-state index in [4.69, 9.17) is 4.42 Å². The van der Waals surface area contributed by atoms with Gasteiger partial charge in [0.05, 0.1) is 15.0 Å². The van der Waals surface area contributed by atoms with E-state index in [0.717, 1.165) is 41.8 Å². The van der Waals surface area contributed by atoms with Crippen LogP contribution in [0.15, 0.2) is 33.5 Å². The molecule has 1 aliphatic heterocycles. The number of hydrogen-bond donors (Lipinski definition) is 0. The highest BCUT2D eigenvalue weighted by Crippen LogP contribution is 2.32. The van der Waals surface area contributed by atoms with Crippen molar-refractivity contribution < 1.29 is 9.21 Å². The first-order chi connectivity index (χ1) is 14.1. The van der Waals surface area contributed by atoms with E-state index in [2.05, 4.69) is 4.90 Å². The van der Waals surface area contributed by atoms with Crippen LogP contribution in [0, 0.1) is 6.92 Å². The summed E-state index contributed by atoms with van der Waals surface area (Å²) in [7, 11) is 0. The van der Waals surface area contributed by atoms with Crippen LogP contribution in [0.5, 0.6) is 0 Å². The molecule has 3 heterocycles. The van der Waals surface area contributed by atoms with E-state index in [9.17, 15) is 9.59 Å². The third-order valence-electron chi connectivity index (χ3n) is 6.44. The van der Waals surface area contributed by atoms with Gasteiger partial charge in [0.25, 0.3) is 5.91 Å². The molecule has 1 saturated heterocycles. The molecule has 152 valence electrons. The molecular weight excluding hydrogens is 384 g/mol. The van der Waals surface area contributed by atoms with Crippen LogP contribution in [0.4, 0.5) is 0 Å². The van der Waals surface area contributed by atoms with Gasteiger partial charge < -0.3 is 9.32 Å². The third-order valence-corrected chi connectivity index (χ3v) is 7.59. The summed E-state index contributed by atoms with van der Waals surface area (Å²) in [5.74, 6) is 0.0368. The summed E-state index contributed by atoms with van der Waals surface area (Å²) in [4.78, 5) is 30.7. The Bertz CT molecular complexity index is 1120. The largest absolute Gasteiger partial charge is 0.422 e. The Morgan fingerprint density at radius 2 is 1.79 bits per heavy atom. The van der Waals surface area contributed by atoms with Crippen LogP contribution in [-0.4, -0.2) is 47.9 Å². The van der Waals surface area contributed by atoms with Crippen molar-refractivity contribution in [3.8, 4) is 0 Å². The van der Waals surface area contributed by atoms with Crippen LogP contribution in [0.2, 0.25) is 0 Å². The van der Waals surface area contributed by atoms with Crippen molar-refractivity contribution in [2.24, 2.45) is 0 Å². The molecule has 0 bridgehead atoms. The van der Waals surface area contributed by atoms with Gasteiger partial charge in [0.1, 0.15) is 5.58 Å². The molecule has 2 aromatic heterocycles. The van der Waals surface area contributed by atoms with Crippen LogP contribution >= 0.6 is 11.3 Å². The molecule has 0 radical (unpaired) electrons. The molecule has 5 nitrogen and oxygen atoms in total. The fourth-order valence-electron chi connectivity index (χ4n) is 4.81. The van der Waals surface area contributed by atoms with Gasteiger partial charge in [-0.1, -0.05) is 30.9 Å². The van der Waals surface area contributed by atoms with Gasteiger partial charge in [-0.3, -0.25) is 9.69 Å². The maximum atomic E-state index is 13.2. The van der Waals surface area contributed by atoms with Crippen molar-refractivity contribution in [3.63, 3.8) is 0 Å². The summed E-state index contributed by atoms with van der Waals surface area (Å²) < 4.78 is 6.32. The molecule has 0 spiro atoms. The lowest BCUT2D eigenvalue weighted by Gasteiger charge is -2.40. The summed E-state index contributed by atoms with van der Waals surface area (Å²) in [5.41, 5.74) is 1.32. The van der Waals surface area contributed by atoms with E-state index in [-0.39, 0.29) is 11.5 Å². The number of hydrogen-bond acceptors (Lipinski definition) is 5. The Hall–Kier alpha value is -2.18. The van der Waals surface area contributed by atoms with Gasteiger partial charge >= 0.3 is 5.63 Å². The maximum Gasteiger partial charge on any atom is 0.345 e. The van der Waals surface area contributed by atoms with Gasteiger partial charge in [-0.2, -0.15) is 0 Å². The molecule has 1 amide bonds. The zero-order valence-corrected chi connectivity index (χ0v) is 17.6. The van der Waals surface area contributed by atoms with E-state index in [1.54, 1.807) is 6.07 Å². The number of benzene rings is 1. The quantitative estimate of drug-likeness (QED) is 0.588. The summed E-state index contributed by atoms with van der Waals surface area (Å²) in [6.45, 7) is 5.44. The standard InChI is InChI=1S/C23H26N2O3S/c1-15-7-8-19-17(13-15)21-18(23(27)28-19)14-20(29-21)22(26)25-11-9-24(10-12-25)16-5-3-2-4-6-16/h7-8,13-14,16H,2-6,9-12H2,1H3. The van der Waals surface area contributed by atoms with Crippen LogP contribution in [-0.2, 0) is 0 Å². The number of aryl methyl sites for hydroxylation is 1. The normalized spacial score (nSPS) is 19.3. The highest BCUT2D eigenvalue weighted by Gasteiger charge is 2.28. The molecule has 3 aromatic rings. The lowest BCUT2D eigenvalue weighted by molar-refractivity contribution is 0.0527. The Morgan fingerprint density at radius 3 is 2.55 bits per heavy atom. The Morgan fingerprint density at radius 1 is 1.03 bits per heavy atom. The first kappa shape index (κ1) is 18.8. The molecule has 0 atom stereocenters. The van der Waals surface area contributed by atoms with Gasteiger partial charge in [0.2, 0.25) is 0 Å². The lowest BCUT2D eigenvalue weighted by Crippen LogP contribution is -2.52. The number of amides is 1. The number of carbonyl (C=O) groups is 1. The van der Waals surface area contributed by atoms with E-state index in [1.165, 1.54) is 43.4 Å². The Labute approximate surface area is 173 Å². The molecule has 0 N–H and O–H groups in total. The highest BCUT2D eigenvalue weighted by atomic mass is 32.1. The van der Waals surface area contributed by atoms with Crippen LogP contribution in [0.1, 0.15) is 47.3 Å². The zero-order chi connectivity index (χ0) is 20.0. The summed E-state index contributed by atoms with van der Waals surface area (Å²) >= 11 is 1.42. The van der Waals surface area contributed by atoms with Crippen LogP contribution in [0.25, 0.3) is 21.1 Å². The molecule has 5 rings (SSSR count). The number of rotatable bonds is 2. The molecule has 1 saturated carbocycles. The van der Waals surface area contributed by atoms with Crippen molar-refractivity contribution in [2.45, 2.75) is 45.1 Å². The van der Waals surface area contributed by atoms with E-state index in [1.807, 2.05) is 30.0 Å². The molecule has 2 aliphatic rings. The van der Waals surface area contributed by atoms with Crippen molar-refractivity contribution >= 4 is 38.3 Å². The zero-order valence-electron chi connectivity index (χ0n) is 16.8. The minimum absolute atomic E-state index is 0.0368. The van der Waals surface area contributed by atoms with Crippen molar-refractivity contribution in [1.82, 2.24) is 9.80 Å². The predicted molar refractivity (Wildman–Crippen MR) is 117 cm³/mol. The summed E-state index contributed by atoms with van der Waals surface area (Å²) in [5, 5.41) is 1.42. The second-order valence-electron chi connectivity index (χ2n) is 8.36. The fourth-order valence-corrected chi connectivity index (χ4v) is 5.94. The maximum absolute atomic E-state index is 13.2. The minimum atomic E-state index is -0.367. The Kier molecular flexibility index (Phi) is 4.92. The summed E-state index contributed by atoms with van der Waals surface area (Å²) in [6, 6.07) is 8.21. The number of carbonyl (C=O) groups excluding carboxylic acids is 1. The molecule has 0 unspecified atom stereocenters. The monoisotopic (exact) mass is 410 g/mol. The third kappa shape index (κ3) is 3.49. The van der Waals surface area contributed by atoms with Crippen molar-refractivity contribution in [3.05, 3.63) is 45.1 Å². The van der Waals surface area contributed by atoms with Gasteiger partial charge in [-0.05, 0) is 38.0 Å². The van der Waals surface area contributed by atoms with Gasteiger partial charge in [0.15, 0.2) is 0 Å². The van der Waals surface area contributed by atoms with E-state index >= 15 is 0 Å². The first-order valence-corrected chi connectivity index (χ1v) is 11.4. The molecule has 29 heavy (non-hydrogen) atoms. The number of nitrogens with zero attached hydrogens (tertiary/aromatic N) is 2. The fraction of sp³-hybridized carbons (Fsp3) is 0.478. The second kappa shape index (κ2) is 7.58. The van der Waals surface area contributed by atoms with Gasteiger partial charge in [-0.15, -0.1) is 11.3 Å². The molecule has 1 aromatic carbocycles. The molecule has 1 aliphatic carbocycles. The smallest absolute Gasteiger partial charge is 0.345 e. The number of fused-ring (bicyclic) bond motifs is 3. The topological polar surface area (TPSA) is 53.8 Å². The SMILES string of the molecule is Cc1ccc2oc(=O)c3cc(C(=O)N4CCN(C5CCCCC5)CC4)sc3c2c1. The van der Waals surface area contributed by atoms with Gasteiger partial charge in [-0.25, -0.2) is 4.79 Å². The van der Waals surface area contributed by atoms with Crippen LogP contribution in [0.3, 0.4) is 0 Å². The number of thiophene rings is 1. The molecule has 2 fully saturated rings. The van der Waals surface area contributed by atoms with Gasteiger partial charge in [0, 0.05) is 37.6 Å². The average molecular weight is 411 g/mol. The Balaban J connectivity index is 1.39. The second-order valence-corrected chi connectivity index (χ2v) is 9.41. The van der Waals surface area contributed by atoms with E-state index < -0.39 is 0 Å². The lowest BCUT2D eigenvalue weighted by atomic mass is 9.94. The highest BCUT2D eigenvalue weighted by molar-refractivity contribution is 7.21. The predicted octanol–water partition coefficient (Wildman–Crippen LogP) is 4.41. The molecular formula is C23H26N2O3S. The minimum Gasteiger partial charge on any atom is -0.422 e. The number of piperazine rings is 1. The molecule has 6 heteroatoms. The van der Waals surface area contributed by atoms with Crippen LogP contribution < -0.4 is 5.63 Å². The van der Waals surface area contributed by atoms with Crippen molar-refractivity contribution in [1.29, 1.82) is 0 Å². The van der Waals surface area contributed by atoms with Crippen molar-refractivity contribution in [2.75, 3.05) is 26.2 Å². The summed E-state index contributed by atoms with van der Waals surface area (Å²) in [6.07, 6.45) is 6.63. The average Bonchev–Trinajstić information content (AvgIpc) is 3.21.